The maximum Gasteiger partial charge on any atom is 0.0656 e. The molecule has 3 saturated carbocycles. The van der Waals surface area contributed by atoms with Crippen LogP contribution in [0.4, 0.5) is 0 Å². The van der Waals surface area contributed by atoms with Gasteiger partial charge >= 0.3 is 0 Å². The van der Waals surface area contributed by atoms with Gasteiger partial charge in [0.05, 0.1) is 11.7 Å². The van der Waals surface area contributed by atoms with Crippen molar-refractivity contribution in [1.29, 1.82) is 0 Å². The van der Waals surface area contributed by atoms with Gasteiger partial charge in [0.15, 0.2) is 0 Å². The summed E-state index contributed by atoms with van der Waals surface area (Å²) in [6.45, 7) is 7.13. The first-order valence-corrected chi connectivity index (χ1v) is 12.6. The highest BCUT2D eigenvalue weighted by Crippen LogP contribution is 2.67. The van der Waals surface area contributed by atoms with Crippen molar-refractivity contribution in [3.8, 4) is 0 Å². The molecule has 3 fully saturated rings. The van der Waals surface area contributed by atoms with E-state index in [9.17, 15) is 10.2 Å². The van der Waals surface area contributed by atoms with Crippen LogP contribution in [-0.2, 0) is 0 Å². The van der Waals surface area contributed by atoms with E-state index in [4.69, 9.17) is 0 Å². The van der Waals surface area contributed by atoms with E-state index in [2.05, 4.69) is 37.9 Å². The topological polar surface area (TPSA) is 52.8 Å². The van der Waals surface area contributed by atoms with Crippen LogP contribution >= 0.6 is 0 Å². The second-order valence-electron chi connectivity index (χ2n) is 11.9. The molecule has 4 aliphatic carbocycles. The van der Waals surface area contributed by atoms with Gasteiger partial charge in [-0.15, -0.1) is 0 Å². The molecule has 0 aromatic carbocycles. The first-order chi connectivity index (χ1) is 14.2. The number of fused-ring (bicyclic) bond motifs is 5. The van der Waals surface area contributed by atoms with Crippen LogP contribution in [0.3, 0.4) is 0 Å². The molecule has 30 heavy (non-hydrogen) atoms. The lowest BCUT2D eigenvalue weighted by molar-refractivity contribution is -0.104. The molecule has 5 rings (SSSR count). The normalized spacial score (nSPS) is 47.0. The minimum Gasteiger partial charge on any atom is -0.393 e. The lowest BCUT2D eigenvalue weighted by atomic mass is 9.46. The third kappa shape index (κ3) is 3.18. The molecular weight excluding hydrogens is 370 g/mol. The predicted octanol–water partition coefficient (Wildman–Crippen LogP) is 5.82. The van der Waals surface area contributed by atoms with Gasteiger partial charge in [0.25, 0.3) is 0 Å². The fourth-order valence-electron chi connectivity index (χ4n) is 8.80. The van der Waals surface area contributed by atoms with Crippen LogP contribution in [-0.4, -0.2) is 28.1 Å². The molecule has 0 amide bonds. The SMILES string of the molecule is C[C@]12CC[C@H]3[C@@H](CC=C4C[C@@H](O)CC[C@@]43C)[C@@H]1CC[C@@H]2[C@](C)(O)CCC1=CCC=N1. The van der Waals surface area contributed by atoms with Gasteiger partial charge in [-0.3, -0.25) is 4.99 Å². The third-order valence-corrected chi connectivity index (χ3v) is 10.4. The van der Waals surface area contributed by atoms with E-state index in [1.54, 1.807) is 5.57 Å². The molecule has 0 aromatic heterocycles. The zero-order valence-corrected chi connectivity index (χ0v) is 19.2. The molecule has 0 spiro atoms. The predicted molar refractivity (Wildman–Crippen MR) is 122 cm³/mol. The maximum atomic E-state index is 11.6. The molecule has 1 heterocycles. The number of rotatable bonds is 4. The number of aliphatic imine (C=N–C) groups is 1. The fourth-order valence-corrected chi connectivity index (χ4v) is 8.80. The van der Waals surface area contributed by atoms with Gasteiger partial charge in [-0.25, -0.2) is 0 Å². The van der Waals surface area contributed by atoms with Crippen LogP contribution in [0.2, 0.25) is 0 Å². The molecular formula is C27H41NO2. The molecule has 0 radical (unpaired) electrons. The Balaban J connectivity index is 1.35. The number of hydrogen-bond donors (Lipinski definition) is 2. The second kappa shape index (κ2) is 7.30. The van der Waals surface area contributed by atoms with Crippen molar-refractivity contribution in [3.05, 3.63) is 23.4 Å². The Morgan fingerprint density at radius 2 is 1.93 bits per heavy atom. The zero-order valence-electron chi connectivity index (χ0n) is 19.2. The zero-order chi connectivity index (χ0) is 21.1. The van der Waals surface area contributed by atoms with Crippen molar-refractivity contribution in [2.75, 3.05) is 0 Å². The summed E-state index contributed by atoms with van der Waals surface area (Å²) in [6.07, 6.45) is 18.5. The highest BCUT2D eigenvalue weighted by molar-refractivity contribution is 5.64. The van der Waals surface area contributed by atoms with E-state index in [0.717, 1.165) is 62.0 Å². The average molecular weight is 412 g/mol. The van der Waals surface area contributed by atoms with Crippen LogP contribution in [0.5, 0.6) is 0 Å². The Labute approximate surface area is 182 Å². The van der Waals surface area contributed by atoms with Gasteiger partial charge in [-0.05, 0) is 106 Å². The van der Waals surface area contributed by atoms with Crippen molar-refractivity contribution in [1.82, 2.24) is 0 Å². The first-order valence-electron chi connectivity index (χ1n) is 12.6. The van der Waals surface area contributed by atoms with E-state index in [1.807, 2.05) is 6.21 Å². The summed E-state index contributed by atoms with van der Waals surface area (Å²) in [5.74, 6) is 2.66. The van der Waals surface area contributed by atoms with Crippen LogP contribution < -0.4 is 0 Å². The molecule has 3 nitrogen and oxygen atoms in total. The number of aliphatic hydroxyl groups excluding tert-OH is 1. The third-order valence-electron chi connectivity index (χ3n) is 10.4. The summed E-state index contributed by atoms with van der Waals surface area (Å²) < 4.78 is 0. The molecule has 166 valence electrons. The van der Waals surface area contributed by atoms with E-state index in [1.165, 1.54) is 32.1 Å². The molecule has 3 heteroatoms. The summed E-state index contributed by atoms with van der Waals surface area (Å²) >= 11 is 0. The van der Waals surface area contributed by atoms with Crippen molar-refractivity contribution in [3.63, 3.8) is 0 Å². The lowest BCUT2D eigenvalue weighted by Crippen LogP contribution is -2.53. The lowest BCUT2D eigenvalue weighted by Gasteiger charge is -2.59. The summed E-state index contributed by atoms with van der Waals surface area (Å²) in [6, 6.07) is 0. The van der Waals surface area contributed by atoms with E-state index in [0.29, 0.717) is 11.3 Å². The van der Waals surface area contributed by atoms with Crippen molar-refractivity contribution in [2.24, 2.45) is 39.5 Å². The average Bonchev–Trinajstić information content (AvgIpc) is 3.34. The Bertz CT molecular complexity index is 780. The van der Waals surface area contributed by atoms with Gasteiger partial charge in [-0.2, -0.15) is 0 Å². The van der Waals surface area contributed by atoms with Crippen molar-refractivity contribution < 1.29 is 10.2 Å². The quantitative estimate of drug-likeness (QED) is 0.573. The first kappa shape index (κ1) is 20.9. The van der Waals surface area contributed by atoms with Crippen LogP contribution in [0.1, 0.15) is 91.4 Å². The standard InChI is InChI=1S/C27H41NO2/c1-25-13-11-20(29)17-18(25)6-7-21-22-8-9-24(26(22,2)14-12-23(21)25)27(3,30)15-10-19-5-4-16-28-19/h5-6,16,20-24,29-30H,4,7-15,17H2,1-3H3/t20-,21-,22-,23-,24-,25-,26-,27+/m0/s1. The Morgan fingerprint density at radius 1 is 1.10 bits per heavy atom. The Morgan fingerprint density at radius 3 is 2.70 bits per heavy atom. The molecule has 2 N–H and O–H groups in total. The highest BCUT2D eigenvalue weighted by atomic mass is 16.3. The molecule has 5 aliphatic rings. The number of allylic oxidation sites excluding steroid dienone is 3. The number of aliphatic hydroxyl groups is 2. The minimum atomic E-state index is -0.607. The van der Waals surface area contributed by atoms with E-state index < -0.39 is 5.60 Å². The summed E-state index contributed by atoms with van der Waals surface area (Å²) in [5.41, 5.74) is 2.67. The monoisotopic (exact) mass is 411 g/mol. The van der Waals surface area contributed by atoms with Gasteiger partial charge in [0.1, 0.15) is 0 Å². The summed E-state index contributed by atoms with van der Waals surface area (Å²) in [4.78, 5) is 4.47. The highest BCUT2D eigenvalue weighted by Gasteiger charge is 2.61. The Hall–Kier alpha value is -0.930. The smallest absolute Gasteiger partial charge is 0.0656 e. The van der Waals surface area contributed by atoms with Crippen LogP contribution in [0, 0.1) is 34.5 Å². The number of nitrogens with zero attached hydrogens (tertiary/aromatic N) is 1. The Kier molecular flexibility index (Phi) is 5.10. The van der Waals surface area contributed by atoms with Crippen molar-refractivity contribution >= 4 is 6.21 Å². The summed E-state index contributed by atoms with van der Waals surface area (Å²) in [5, 5.41) is 21.8. The largest absolute Gasteiger partial charge is 0.393 e. The summed E-state index contributed by atoms with van der Waals surface area (Å²) in [7, 11) is 0. The maximum absolute atomic E-state index is 11.6. The van der Waals surface area contributed by atoms with E-state index in [-0.39, 0.29) is 11.5 Å². The van der Waals surface area contributed by atoms with Crippen LogP contribution in [0.25, 0.3) is 0 Å². The molecule has 1 aliphatic heterocycles. The minimum absolute atomic E-state index is 0.125. The second-order valence-corrected chi connectivity index (χ2v) is 11.9. The van der Waals surface area contributed by atoms with Gasteiger partial charge in [0, 0.05) is 18.3 Å². The fraction of sp³-hybridized carbons (Fsp3) is 0.815. The molecule has 0 unspecified atom stereocenters. The number of hydrogen-bond acceptors (Lipinski definition) is 3. The molecule has 8 atom stereocenters. The van der Waals surface area contributed by atoms with Gasteiger partial charge in [0.2, 0.25) is 0 Å². The van der Waals surface area contributed by atoms with Gasteiger partial charge < -0.3 is 10.2 Å². The van der Waals surface area contributed by atoms with Crippen LogP contribution in [0.15, 0.2) is 28.4 Å². The molecule has 0 aromatic rings. The van der Waals surface area contributed by atoms with Gasteiger partial charge in [-0.1, -0.05) is 31.6 Å². The molecule has 0 saturated heterocycles. The van der Waals surface area contributed by atoms with E-state index >= 15 is 0 Å². The molecule has 0 bridgehead atoms. The van der Waals surface area contributed by atoms with Crippen molar-refractivity contribution in [2.45, 2.75) is 103 Å².